The molecule has 7 nitrogen and oxygen atoms in total. The van der Waals surface area contributed by atoms with Gasteiger partial charge in [0.15, 0.2) is 11.6 Å². The molecule has 2 amide bonds. The van der Waals surface area contributed by atoms with Gasteiger partial charge in [-0.1, -0.05) is 19.9 Å². The second kappa shape index (κ2) is 10.1. The number of hydrogen-bond acceptors (Lipinski definition) is 4. The minimum absolute atomic E-state index is 0.113. The zero-order valence-electron chi connectivity index (χ0n) is 19.7. The van der Waals surface area contributed by atoms with E-state index in [0.29, 0.717) is 11.4 Å². The largest absolute Gasteiger partial charge is 0.495 e. The number of carbonyl (C=O) groups excluding carboxylic acids is 2. The number of hydrogen-bond donors (Lipinski definition) is 2. The van der Waals surface area contributed by atoms with Crippen LogP contribution in [0.25, 0.3) is 11.0 Å². The van der Waals surface area contributed by atoms with E-state index < -0.39 is 35.3 Å². The van der Waals surface area contributed by atoms with Crippen molar-refractivity contribution in [3.05, 3.63) is 83.9 Å². The molecule has 1 unspecified atom stereocenters. The van der Waals surface area contributed by atoms with Crippen LogP contribution in [0.3, 0.4) is 0 Å². The lowest BCUT2D eigenvalue weighted by atomic mass is 10.0. The molecule has 0 spiro atoms. The van der Waals surface area contributed by atoms with Gasteiger partial charge in [0.05, 0.1) is 30.2 Å². The number of aromatic nitrogens is 2. The Labute approximate surface area is 204 Å². The van der Waals surface area contributed by atoms with Crippen LogP contribution in [0, 0.1) is 23.4 Å². The lowest BCUT2D eigenvalue weighted by Crippen LogP contribution is -2.29. The van der Waals surface area contributed by atoms with Gasteiger partial charge in [0.2, 0.25) is 5.91 Å². The van der Waals surface area contributed by atoms with Crippen molar-refractivity contribution in [1.82, 2.24) is 9.55 Å². The minimum atomic E-state index is -1.04. The zero-order chi connectivity index (χ0) is 26.0. The lowest BCUT2D eigenvalue weighted by molar-refractivity contribution is -0.120. The molecule has 4 aromatic rings. The molecule has 0 saturated carbocycles. The molecule has 0 saturated heterocycles. The van der Waals surface area contributed by atoms with Crippen molar-refractivity contribution in [2.45, 2.75) is 19.9 Å². The molecule has 0 fully saturated rings. The molecule has 0 aliphatic heterocycles. The van der Waals surface area contributed by atoms with Crippen LogP contribution in [0.4, 0.5) is 24.5 Å². The molecule has 1 aromatic heterocycles. The summed E-state index contributed by atoms with van der Waals surface area (Å²) < 4.78 is 47.8. The van der Waals surface area contributed by atoms with Gasteiger partial charge in [-0.15, -0.1) is 0 Å². The molecule has 2 N–H and O–H groups in total. The first kappa shape index (κ1) is 24.8. The molecule has 0 bridgehead atoms. The number of nitrogens with zero attached hydrogens (tertiary/aromatic N) is 2. The third-order valence-electron chi connectivity index (χ3n) is 5.62. The highest BCUT2D eigenvalue weighted by Crippen LogP contribution is 2.31. The van der Waals surface area contributed by atoms with Crippen LogP contribution in [0.2, 0.25) is 0 Å². The van der Waals surface area contributed by atoms with E-state index >= 15 is 0 Å². The third kappa shape index (κ3) is 5.02. The van der Waals surface area contributed by atoms with Crippen LogP contribution in [-0.4, -0.2) is 28.5 Å². The maximum Gasteiger partial charge on any atom is 0.255 e. The Morgan fingerprint density at radius 1 is 0.972 bits per heavy atom. The zero-order valence-corrected chi connectivity index (χ0v) is 19.7. The number of rotatable bonds is 7. The summed E-state index contributed by atoms with van der Waals surface area (Å²) in [6.45, 7) is 3.63. The number of ether oxygens (including phenoxy) is 1. The monoisotopic (exact) mass is 496 g/mol. The van der Waals surface area contributed by atoms with Gasteiger partial charge in [-0.25, -0.2) is 18.2 Å². The average Bonchev–Trinajstić information content (AvgIpc) is 3.21. The first-order chi connectivity index (χ1) is 17.2. The number of amides is 2. The van der Waals surface area contributed by atoms with Gasteiger partial charge < -0.3 is 19.9 Å². The summed E-state index contributed by atoms with van der Waals surface area (Å²) in [5, 5.41) is 5.45. The van der Waals surface area contributed by atoms with Crippen LogP contribution >= 0.6 is 0 Å². The summed E-state index contributed by atoms with van der Waals surface area (Å²) in [5.41, 5.74) is 1.22. The summed E-state index contributed by atoms with van der Waals surface area (Å²) in [6, 6.07) is 11.1. The van der Waals surface area contributed by atoms with E-state index in [-0.39, 0.29) is 28.2 Å². The van der Waals surface area contributed by atoms with Crippen molar-refractivity contribution in [1.29, 1.82) is 0 Å². The van der Waals surface area contributed by atoms with E-state index in [2.05, 4.69) is 15.6 Å². The van der Waals surface area contributed by atoms with Gasteiger partial charge in [-0.2, -0.15) is 0 Å². The molecule has 4 rings (SSSR count). The predicted octanol–water partition coefficient (Wildman–Crippen LogP) is 5.55. The predicted molar refractivity (Wildman–Crippen MR) is 130 cm³/mol. The smallest absolute Gasteiger partial charge is 0.255 e. The SMILES string of the molecule is COc1ccc(NC(=O)C(C(C)C)n2cnc3cc(F)c(F)cc32)cc1NC(=O)c1cccc(F)c1. The Kier molecular flexibility index (Phi) is 6.96. The van der Waals surface area contributed by atoms with Crippen LogP contribution in [0.15, 0.2) is 60.9 Å². The van der Waals surface area contributed by atoms with Gasteiger partial charge >= 0.3 is 0 Å². The summed E-state index contributed by atoms with van der Waals surface area (Å²) in [7, 11) is 1.42. The first-order valence-corrected chi connectivity index (χ1v) is 11.1. The van der Waals surface area contributed by atoms with Crippen LogP contribution in [0.1, 0.15) is 30.2 Å². The lowest BCUT2D eigenvalue weighted by Gasteiger charge is -2.23. The fraction of sp³-hybridized carbons (Fsp3) is 0.192. The van der Waals surface area contributed by atoms with Gasteiger partial charge in [0.25, 0.3) is 5.91 Å². The third-order valence-corrected chi connectivity index (χ3v) is 5.62. The van der Waals surface area contributed by atoms with Gasteiger partial charge in [-0.05, 0) is 42.3 Å². The Hall–Kier alpha value is -4.34. The molecular formula is C26H23F3N4O3. The van der Waals surface area contributed by atoms with Crippen LogP contribution in [-0.2, 0) is 4.79 Å². The standard InChI is InChI=1S/C26H23F3N4O3/c1-14(2)24(33-13-30-20-11-18(28)19(29)12-22(20)33)26(35)31-17-7-8-23(36-3)21(10-17)32-25(34)15-5-4-6-16(27)9-15/h4-14,24H,1-3H3,(H,31,35)(H,32,34). The highest BCUT2D eigenvalue weighted by molar-refractivity contribution is 6.05. The average molecular weight is 496 g/mol. The topological polar surface area (TPSA) is 85.2 Å². The Morgan fingerprint density at radius 3 is 2.42 bits per heavy atom. The number of imidazole rings is 1. The van der Waals surface area contributed by atoms with Crippen LogP contribution in [0.5, 0.6) is 5.75 Å². The Bertz CT molecular complexity index is 1450. The Morgan fingerprint density at radius 2 is 1.72 bits per heavy atom. The number of methoxy groups -OCH3 is 1. The van der Waals surface area contributed by atoms with Crippen molar-refractivity contribution >= 4 is 34.2 Å². The number of nitrogens with one attached hydrogen (secondary N) is 2. The van der Waals surface area contributed by atoms with E-state index in [4.69, 9.17) is 4.74 Å². The number of halogens is 3. The van der Waals surface area contributed by atoms with Gasteiger partial charge in [-0.3, -0.25) is 9.59 Å². The first-order valence-electron chi connectivity index (χ1n) is 11.1. The van der Waals surface area contributed by atoms with E-state index in [1.54, 1.807) is 12.1 Å². The van der Waals surface area contributed by atoms with E-state index in [1.165, 1.54) is 42.3 Å². The van der Waals surface area contributed by atoms with Crippen molar-refractivity contribution in [3.8, 4) is 5.75 Å². The second-order valence-electron chi connectivity index (χ2n) is 8.46. The molecule has 10 heteroatoms. The molecular weight excluding hydrogens is 473 g/mol. The molecule has 186 valence electrons. The summed E-state index contributed by atoms with van der Waals surface area (Å²) in [6.07, 6.45) is 1.37. The number of anilines is 2. The molecule has 36 heavy (non-hydrogen) atoms. The van der Waals surface area contributed by atoms with Crippen molar-refractivity contribution in [3.63, 3.8) is 0 Å². The van der Waals surface area contributed by atoms with Crippen molar-refractivity contribution < 1.29 is 27.5 Å². The molecule has 3 aromatic carbocycles. The summed E-state index contributed by atoms with van der Waals surface area (Å²) in [5.74, 6) is -3.51. The van der Waals surface area contributed by atoms with E-state index in [1.807, 2.05) is 13.8 Å². The molecule has 0 radical (unpaired) electrons. The number of fused-ring (bicyclic) bond motifs is 1. The minimum Gasteiger partial charge on any atom is -0.495 e. The molecule has 0 aliphatic rings. The maximum absolute atomic E-state index is 13.9. The normalized spacial score (nSPS) is 12.0. The van der Waals surface area contributed by atoms with E-state index in [0.717, 1.165) is 18.2 Å². The number of benzene rings is 3. The Balaban J connectivity index is 1.61. The van der Waals surface area contributed by atoms with Gasteiger partial charge in [0, 0.05) is 23.4 Å². The fourth-order valence-electron chi connectivity index (χ4n) is 3.92. The van der Waals surface area contributed by atoms with Crippen LogP contribution < -0.4 is 15.4 Å². The maximum atomic E-state index is 13.9. The van der Waals surface area contributed by atoms with Gasteiger partial charge in [0.1, 0.15) is 17.6 Å². The second-order valence-corrected chi connectivity index (χ2v) is 8.46. The molecule has 0 aliphatic carbocycles. The van der Waals surface area contributed by atoms with Crippen molar-refractivity contribution in [2.24, 2.45) is 5.92 Å². The highest BCUT2D eigenvalue weighted by atomic mass is 19.2. The molecule has 1 heterocycles. The summed E-state index contributed by atoms with van der Waals surface area (Å²) >= 11 is 0. The summed E-state index contributed by atoms with van der Waals surface area (Å²) in [4.78, 5) is 30.0. The highest BCUT2D eigenvalue weighted by Gasteiger charge is 2.27. The van der Waals surface area contributed by atoms with E-state index in [9.17, 15) is 22.8 Å². The molecule has 1 atom stereocenters. The number of carbonyl (C=O) groups is 2. The van der Waals surface area contributed by atoms with Crippen molar-refractivity contribution in [2.75, 3.05) is 17.7 Å². The fourth-order valence-corrected chi connectivity index (χ4v) is 3.92. The quantitative estimate of drug-likeness (QED) is 0.351.